The van der Waals surface area contributed by atoms with Crippen LogP contribution in [0.3, 0.4) is 0 Å². The minimum atomic E-state index is -1.79. The highest BCUT2D eigenvalue weighted by atomic mass is 32.2. The molecule has 1 N–H and O–H groups in total. The summed E-state index contributed by atoms with van der Waals surface area (Å²) in [5.74, 6) is -1.76. The third-order valence-electron chi connectivity index (χ3n) is 5.73. The average Bonchev–Trinajstić information content (AvgIpc) is 3.50. The molecule has 12 heteroatoms. The van der Waals surface area contributed by atoms with Crippen molar-refractivity contribution in [2.75, 3.05) is 0 Å². The fourth-order valence-electron chi connectivity index (χ4n) is 3.71. The van der Waals surface area contributed by atoms with Crippen LogP contribution in [0.15, 0.2) is 71.5 Å². The largest absolute Gasteiger partial charge is 0.382 e. The molecule has 0 aliphatic rings. The van der Waals surface area contributed by atoms with Gasteiger partial charge in [0.25, 0.3) is 0 Å². The van der Waals surface area contributed by atoms with Gasteiger partial charge in [0.05, 0.1) is 11.8 Å². The molecule has 2 aromatic carbocycles. The lowest BCUT2D eigenvalue weighted by Crippen LogP contribution is -2.42. The highest BCUT2D eigenvalue weighted by Gasteiger charge is 2.41. The van der Waals surface area contributed by atoms with Crippen LogP contribution in [0.25, 0.3) is 0 Å². The van der Waals surface area contributed by atoms with E-state index in [1.165, 1.54) is 46.9 Å². The first-order valence-corrected chi connectivity index (χ1v) is 12.7. The summed E-state index contributed by atoms with van der Waals surface area (Å²) in [4.78, 5) is 18.0. The minimum absolute atomic E-state index is 0.0794. The van der Waals surface area contributed by atoms with E-state index in [1.807, 2.05) is 19.2 Å². The van der Waals surface area contributed by atoms with E-state index in [9.17, 15) is 18.7 Å². The van der Waals surface area contributed by atoms with Crippen molar-refractivity contribution in [1.29, 1.82) is 0 Å². The van der Waals surface area contributed by atoms with Gasteiger partial charge in [-0.2, -0.15) is 5.10 Å². The number of halogens is 2. The lowest BCUT2D eigenvalue weighted by molar-refractivity contribution is 0.0132. The van der Waals surface area contributed by atoms with E-state index in [4.69, 9.17) is 0 Å². The van der Waals surface area contributed by atoms with Gasteiger partial charge in [0.15, 0.2) is 10.9 Å². The Labute approximate surface area is 215 Å². The Morgan fingerprint density at radius 2 is 1.89 bits per heavy atom. The van der Waals surface area contributed by atoms with Crippen LogP contribution in [-0.2, 0) is 19.2 Å². The number of hydrogen-bond donors (Lipinski definition) is 1. The van der Waals surface area contributed by atoms with Crippen LogP contribution in [0.1, 0.15) is 29.8 Å². The fourth-order valence-corrected chi connectivity index (χ4v) is 5.77. The summed E-state index contributed by atoms with van der Waals surface area (Å²) in [6.07, 6.45) is 4.32. The van der Waals surface area contributed by atoms with Gasteiger partial charge in [-0.3, -0.25) is 4.79 Å². The molecular formula is C24H24F2N6O2S2. The van der Waals surface area contributed by atoms with Gasteiger partial charge in [0, 0.05) is 34.4 Å². The molecule has 36 heavy (non-hydrogen) atoms. The van der Waals surface area contributed by atoms with Gasteiger partial charge in [0.2, 0.25) is 0 Å². The lowest BCUT2D eigenvalue weighted by atomic mass is 9.90. The van der Waals surface area contributed by atoms with Gasteiger partial charge < -0.3 is 9.67 Å². The molecule has 2 aromatic heterocycles. The van der Waals surface area contributed by atoms with Gasteiger partial charge in [-0.25, -0.2) is 18.4 Å². The summed E-state index contributed by atoms with van der Waals surface area (Å²) in [6, 6.07) is 10.2. The monoisotopic (exact) mass is 530 g/mol. The molecule has 3 atom stereocenters. The topological polar surface area (TPSA) is 98.7 Å². The molecular weight excluding hydrogens is 506 g/mol. The van der Waals surface area contributed by atoms with E-state index in [0.29, 0.717) is 5.56 Å². The quantitative estimate of drug-likeness (QED) is 0.306. The van der Waals surface area contributed by atoms with Crippen LogP contribution in [0.4, 0.5) is 8.78 Å². The zero-order valence-electron chi connectivity index (χ0n) is 19.7. The van der Waals surface area contributed by atoms with Crippen molar-refractivity contribution in [3.8, 4) is 0 Å². The van der Waals surface area contributed by atoms with Crippen LogP contribution >= 0.6 is 23.5 Å². The first-order valence-electron chi connectivity index (χ1n) is 11.0. The van der Waals surface area contributed by atoms with Crippen molar-refractivity contribution in [2.24, 2.45) is 7.05 Å². The lowest BCUT2D eigenvalue weighted by Gasteiger charge is -2.35. The van der Waals surface area contributed by atoms with Crippen LogP contribution in [0.5, 0.6) is 0 Å². The van der Waals surface area contributed by atoms with Crippen molar-refractivity contribution in [3.05, 3.63) is 84.2 Å². The van der Waals surface area contributed by atoms with E-state index < -0.39 is 27.7 Å². The molecule has 8 nitrogen and oxygen atoms in total. The van der Waals surface area contributed by atoms with Crippen molar-refractivity contribution >= 4 is 29.3 Å². The molecule has 1 unspecified atom stereocenters. The molecule has 0 aliphatic heterocycles. The van der Waals surface area contributed by atoms with Gasteiger partial charge in [0.1, 0.15) is 36.2 Å². The number of carbonyl (C=O) groups excluding carboxylic acids is 1. The number of benzene rings is 2. The molecule has 0 saturated carbocycles. The summed E-state index contributed by atoms with van der Waals surface area (Å²) in [5.41, 5.74) is -1.36. The summed E-state index contributed by atoms with van der Waals surface area (Å²) < 4.78 is 31.5. The van der Waals surface area contributed by atoms with Crippen molar-refractivity contribution in [3.63, 3.8) is 0 Å². The van der Waals surface area contributed by atoms with Crippen LogP contribution in [-0.4, -0.2) is 50.9 Å². The molecule has 4 aromatic rings. The third kappa shape index (κ3) is 5.66. The highest BCUT2D eigenvalue weighted by Crippen LogP contribution is 2.38. The van der Waals surface area contributed by atoms with Gasteiger partial charge >= 0.3 is 0 Å². The SMILES string of the molecule is CC(S[C@H](C)[C@](O)(Cn1cncn1)c1ccc(F)cc1F)C(=O)c1ccc(Sc2nncn2C)cc1. The Kier molecular flexibility index (Phi) is 7.86. The third-order valence-corrected chi connectivity index (χ3v) is 8.22. The number of nitrogens with zero attached hydrogens (tertiary/aromatic N) is 6. The minimum Gasteiger partial charge on any atom is -0.382 e. The average molecular weight is 531 g/mol. The van der Waals surface area contributed by atoms with Crippen molar-refractivity contribution < 1.29 is 18.7 Å². The zero-order valence-corrected chi connectivity index (χ0v) is 21.4. The second kappa shape index (κ2) is 10.9. The first kappa shape index (κ1) is 26.0. The molecule has 0 spiro atoms. The summed E-state index contributed by atoms with van der Waals surface area (Å²) in [6.45, 7) is 3.32. The van der Waals surface area contributed by atoms with E-state index in [0.717, 1.165) is 22.2 Å². The van der Waals surface area contributed by atoms with Gasteiger partial charge in [-0.1, -0.05) is 25.1 Å². The van der Waals surface area contributed by atoms with Crippen LogP contribution in [0, 0.1) is 11.6 Å². The predicted molar refractivity (Wildman–Crippen MR) is 133 cm³/mol. The Hall–Kier alpha value is -3.09. The Morgan fingerprint density at radius 1 is 1.14 bits per heavy atom. The summed E-state index contributed by atoms with van der Waals surface area (Å²) >= 11 is 2.63. The zero-order chi connectivity index (χ0) is 25.9. The molecule has 0 amide bonds. The smallest absolute Gasteiger partial charge is 0.195 e. The molecule has 0 fully saturated rings. The maximum absolute atomic E-state index is 14.8. The maximum atomic E-state index is 14.8. The molecule has 2 heterocycles. The molecule has 0 bridgehead atoms. The Bertz CT molecular complexity index is 1330. The predicted octanol–water partition coefficient (Wildman–Crippen LogP) is 4.12. The molecule has 4 rings (SSSR count). The number of Topliss-reactive ketones (excluding diaryl/α,β-unsaturated/α-hetero) is 1. The van der Waals surface area contributed by atoms with E-state index >= 15 is 0 Å². The molecule has 0 saturated heterocycles. The number of aliphatic hydroxyl groups is 1. The number of carbonyl (C=O) groups is 1. The van der Waals surface area contributed by atoms with E-state index in [1.54, 1.807) is 36.9 Å². The van der Waals surface area contributed by atoms with Crippen molar-refractivity contribution in [2.45, 2.75) is 46.5 Å². The number of aryl methyl sites for hydroxylation is 1. The highest BCUT2D eigenvalue weighted by molar-refractivity contribution is 8.01. The first-order chi connectivity index (χ1) is 17.2. The summed E-state index contributed by atoms with van der Waals surface area (Å²) in [5, 5.41) is 23.1. The van der Waals surface area contributed by atoms with Crippen molar-refractivity contribution in [1.82, 2.24) is 29.5 Å². The molecule has 0 aliphatic carbocycles. The van der Waals surface area contributed by atoms with E-state index in [2.05, 4.69) is 20.3 Å². The number of hydrogen-bond acceptors (Lipinski definition) is 8. The van der Waals surface area contributed by atoms with Gasteiger partial charge in [-0.15, -0.1) is 22.0 Å². The Balaban J connectivity index is 1.51. The van der Waals surface area contributed by atoms with Gasteiger partial charge in [-0.05, 0) is 36.9 Å². The molecule has 0 radical (unpaired) electrons. The normalized spacial score (nSPS) is 14.8. The number of ketones is 1. The maximum Gasteiger partial charge on any atom is 0.195 e. The number of rotatable bonds is 10. The van der Waals surface area contributed by atoms with E-state index in [-0.39, 0.29) is 17.9 Å². The second-order valence-electron chi connectivity index (χ2n) is 8.28. The standard InChI is InChI=1S/C24H24F2N6O2S2/c1-15(22(33)17-4-7-19(8-5-17)36-23-30-28-14-31(23)3)35-16(2)24(34,11-32-13-27-12-29-32)20-9-6-18(25)10-21(20)26/h4-10,12-16,34H,11H2,1-3H3/t15?,16-,24-/m1/s1. The number of aromatic nitrogens is 6. The van der Waals surface area contributed by atoms with Crippen LogP contribution in [0.2, 0.25) is 0 Å². The van der Waals surface area contributed by atoms with Crippen LogP contribution < -0.4 is 0 Å². The molecule has 188 valence electrons. The second-order valence-corrected chi connectivity index (χ2v) is 11.0. The summed E-state index contributed by atoms with van der Waals surface area (Å²) in [7, 11) is 1.85. The Morgan fingerprint density at radius 3 is 2.50 bits per heavy atom. The number of thioether (sulfide) groups is 1. The fraction of sp³-hybridized carbons (Fsp3) is 0.292.